The number of benzene rings is 2. The SMILES string of the molecule is O=C(CCC(=O)N1CCC[C@H]1Cc1ccccc1)c1ccc2c(c1)CCC2. The highest BCUT2D eigenvalue weighted by molar-refractivity contribution is 5.98. The summed E-state index contributed by atoms with van der Waals surface area (Å²) in [5, 5.41) is 0. The minimum Gasteiger partial charge on any atom is -0.339 e. The highest BCUT2D eigenvalue weighted by Crippen LogP contribution is 2.25. The average molecular weight is 361 g/mol. The normalized spacial score (nSPS) is 18.5. The predicted octanol–water partition coefficient (Wildman–Crippen LogP) is 4.37. The second-order valence-corrected chi connectivity index (χ2v) is 7.83. The Kier molecular flexibility index (Phi) is 5.38. The second-order valence-electron chi connectivity index (χ2n) is 7.83. The van der Waals surface area contributed by atoms with Crippen molar-refractivity contribution in [2.24, 2.45) is 0 Å². The summed E-state index contributed by atoms with van der Waals surface area (Å²) in [7, 11) is 0. The van der Waals surface area contributed by atoms with Gasteiger partial charge in [0, 0.05) is 31.0 Å². The Hall–Kier alpha value is -2.42. The predicted molar refractivity (Wildman–Crippen MR) is 107 cm³/mol. The Balaban J connectivity index is 1.33. The van der Waals surface area contributed by atoms with E-state index in [4.69, 9.17) is 0 Å². The van der Waals surface area contributed by atoms with Crippen LogP contribution in [0.4, 0.5) is 0 Å². The molecule has 0 N–H and O–H groups in total. The Labute approximate surface area is 161 Å². The maximum atomic E-state index is 12.7. The highest BCUT2D eigenvalue weighted by atomic mass is 16.2. The highest BCUT2D eigenvalue weighted by Gasteiger charge is 2.28. The van der Waals surface area contributed by atoms with E-state index >= 15 is 0 Å². The van der Waals surface area contributed by atoms with E-state index in [0.29, 0.717) is 12.8 Å². The summed E-state index contributed by atoms with van der Waals surface area (Å²) in [6.07, 6.45) is 7.04. The third-order valence-electron chi connectivity index (χ3n) is 6.00. The van der Waals surface area contributed by atoms with Crippen LogP contribution < -0.4 is 0 Å². The van der Waals surface area contributed by atoms with E-state index < -0.39 is 0 Å². The van der Waals surface area contributed by atoms with E-state index in [1.807, 2.05) is 35.2 Å². The molecular weight excluding hydrogens is 334 g/mol. The smallest absolute Gasteiger partial charge is 0.223 e. The van der Waals surface area contributed by atoms with Crippen LogP contribution in [0.1, 0.15) is 59.2 Å². The standard InChI is InChI=1S/C24H27NO2/c26-23(21-12-11-19-8-4-9-20(19)17-21)13-14-24(27)25-15-5-10-22(25)16-18-6-2-1-3-7-18/h1-3,6-7,11-12,17,22H,4-5,8-10,13-16H2/t22-/m0/s1. The van der Waals surface area contributed by atoms with Gasteiger partial charge in [-0.25, -0.2) is 0 Å². The van der Waals surface area contributed by atoms with Crippen molar-refractivity contribution in [1.29, 1.82) is 0 Å². The molecule has 0 aromatic heterocycles. The van der Waals surface area contributed by atoms with Crippen LogP contribution in [0.25, 0.3) is 0 Å². The van der Waals surface area contributed by atoms with Crippen molar-refractivity contribution in [2.75, 3.05) is 6.54 Å². The number of ketones is 1. The average Bonchev–Trinajstić information content (AvgIpc) is 3.35. The number of rotatable bonds is 6. The molecule has 3 nitrogen and oxygen atoms in total. The summed E-state index contributed by atoms with van der Waals surface area (Å²) < 4.78 is 0. The molecule has 2 aromatic carbocycles. The van der Waals surface area contributed by atoms with Gasteiger partial charge in [-0.2, -0.15) is 0 Å². The lowest BCUT2D eigenvalue weighted by Gasteiger charge is -2.25. The minimum atomic E-state index is 0.0943. The first-order valence-corrected chi connectivity index (χ1v) is 10.2. The van der Waals surface area contributed by atoms with Gasteiger partial charge in [0.1, 0.15) is 0 Å². The molecule has 1 heterocycles. The summed E-state index contributed by atoms with van der Waals surface area (Å²) >= 11 is 0. The lowest BCUT2D eigenvalue weighted by Crippen LogP contribution is -2.36. The first-order chi connectivity index (χ1) is 13.2. The minimum absolute atomic E-state index is 0.0943. The maximum Gasteiger partial charge on any atom is 0.223 e. The Morgan fingerprint density at radius 3 is 2.59 bits per heavy atom. The number of Topliss-reactive ketones (excluding diaryl/α,β-unsaturated/α-hetero) is 1. The number of aryl methyl sites for hydroxylation is 2. The molecular formula is C24H27NO2. The number of amides is 1. The van der Waals surface area contributed by atoms with Crippen LogP contribution in [0.15, 0.2) is 48.5 Å². The van der Waals surface area contributed by atoms with Gasteiger partial charge in [-0.15, -0.1) is 0 Å². The monoisotopic (exact) mass is 361 g/mol. The number of likely N-dealkylation sites (tertiary alicyclic amines) is 1. The molecule has 0 saturated carbocycles. The maximum absolute atomic E-state index is 12.7. The van der Waals surface area contributed by atoms with Gasteiger partial charge in [0.05, 0.1) is 0 Å². The lowest BCUT2D eigenvalue weighted by molar-refractivity contribution is -0.131. The van der Waals surface area contributed by atoms with Crippen LogP contribution in [-0.2, 0) is 24.1 Å². The van der Waals surface area contributed by atoms with E-state index in [1.54, 1.807) is 0 Å². The molecule has 140 valence electrons. The summed E-state index contributed by atoms with van der Waals surface area (Å²) in [4.78, 5) is 27.3. The lowest BCUT2D eigenvalue weighted by atomic mass is 10.0. The van der Waals surface area contributed by atoms with Gasteiger partial charge < -0.3 is 4.90 Å². The molecule has 0 spiro atoms. The van der Waals surface area contributed by atoms with Crippen LogP contribution in [0.5, 0.6) is 0 Å². The summed E-state index contributed by atoms with van der Waals surface area (Å²) in [5.74, 6) is 0.222. The van der Waals surface area contributed by atoms with Crippen LogP contribution in [-0.4, -0.2) is 29.2 Å². The second kappa shape index (κ2) is 8.08. The van der Waals surface area contributed by atoms with Crippen LogP contribution >= 0.6 is 0 Å². The molecule has 1 fully saturated rings. The van der Waals surface area contributed by atoms with Gasteiger partial charge in [-0.1, -0.05) is 42.5 Å². The summed E-state index contributed by atoms with van der Waals surface area (Å²) in [5.41, 5.74) is 4.74. The van der Waals surface area contributed by atoms with Crippen molar-refractivity contribution in [1.82, 2.24) is 4.90 Å². The molecule has 0 bridgehead atoms. The molecule has 2 aliphatic rings. The number of nitrogens with zero attached hydrogens (tertiary/aromatic N) is 1. The van der Waals surface area contributed by atoms with Crippen LogP contribution in [0, 0.1) is 0 Å². The fourth-order valence-corrected chi connectivity index (χ4v) is 4.52. The zero-order valence-electron chi connectivity index (χ0n) is 15.8. The third kappa shape index (κ3) is 4.13. The van der Waals surface area contributed by atoms with Crippen LogP contribution in [0.3, 0.4) is 0 Å². The van der Waals surface area contributed by atoms with Crippen molar-refractivity contribution < 1.29 is 9.59 Å². The van der Waals surface area contributed by atoms with Gasteiger partial charge in [0.2, 0.25) is 5.91 Å². The Morgan fingerprint density at radius 2 is 1.74 bits per heavy atom. The number of hydrogen-bond donors (Lipinski definition) is 0. The Morgan fingerprint density at radius 1 is 0.926 bits per heavy atom. The van der Waals surface area contributed by atoms with Crippen LogP contribution in [0.2, 0.25) is 0 Å². The molecule has 1 amide bonds. The van der Waals surface area contributed by atoms with E-state index in [-0.39, 0.29) is 17.7 Å². The first-order valence-electron chi connectivity index (χ1n) is 10.2. The van der Waals surface area contributed by atoms with Gasteiger partial charge >= 0.3 is 0 Å². The molecule has 2 aromatic rings. The van der Waals surface area contributed by atoms with Gasteiger partial charge in [0.25, 0.3) is 0 Å². The molecule has 3 heteroatoms. The molecule has 1 aliphatic heterocycles. The Bertz CT molecular complexity index is 828. The molecule has 4 rings (SSSR count). The molecule has 1 saturated heterocycles. The van der Waals surface area contributed by atoms with E-state index in [2.05, 4.69) is 18.2 Å². The largest absolute Gasteiger partial charge is 0.339 e. The summed E-state index contributed by atoms with van der Waals surface area (Å²) in [6.45, 7) is 0.823. The van der Waals surface area contributed by atoms with Crippen molar-refractivity contribution in [3.63, 3.8) is 0 Å². The van der Waals surface area contributed by atoms with E-state index in [9.17, 15) is 9.59 Å². The third-order valence-corrected chi connectivity index (χ3v) is 6.00. The van der Waals surface area contributed by atoms with Gasteiger partial charge in [-0.05, 0) is 61.3 Å². The fourth-order valence-electron chi connectivity index (χ4n) is 4.52. The molecule has 0 unspecified atom stereocenters. The van der Waals surface area contributed by atoms with Crippen molar-refractivity contribution >= 4 is 11.7 Å². The van der Waals surface area contributed by atoms with E-state index in [1.165, 1.54) is 23.1 Å². The van der Waals surface area contributed by atoms with Crippen molar-refractivity contribution in [2.45, 2.75) is 57.4 Å². The zero-order valence-corrected chi connectivity index (χ0v) is 15.8. The number of carbonyl (C=O) groups excluding carboxylic acids is 2. The molecule has 1 atom stereocenters. The first kappa shape index (κ1) is 18.0. The van der Waals surface area contributed by atoms with Crippen molar-refractivity contribution in [3.8, 4) is 0 Å². The number of carbonyl (C=O) groups is 2. The van der Waals surface area contributed by atoms with Crippen molar-refractivity contribution in [3.05, 3.63) is 70.8 Å². The molecule has 1 aliphatic carbocycles. The molecule has 0 radical (unpaired) electrons. The van der Waals surface area contributed by atoms with E-state index in [0.717, 1.165) is 44.2 Å². The van der Waals surface area contributed by atoms with Gasteiger partial charge in [-0.3, -0.25) is 9.59 Å². The number of hydrogen-bond acceptors (Lipinski definition) is 2. The van der Waals surface area contributed by atoms with Gasteiger partial charge in [0.15, 0.2) is 5.78 Å². The fraction of sp³-hybridized carbons (Fsp3) is 0.417. The number of fused-ring (bicyclic) bond motifs is 1. The zero-order chi connectivity index (χ0) is 18.6. The quantitative estimate of drug-likeness (QED) is 0.717. The molecule has 27 heavy (non-hydrogen) atoms. The topological polar surface area (TPSA) is 37.4 Å². The summed E-state index contributed by atoms with van der Waals surface area (Å²) in [6, 6.07) is 16.7.